The molecule has 0 radical (unpaired) electrons. The molecular weight excluding hydrogens is 242 g/mol. The van der Waals surface area contributed by atoms with Crippen LogP contribution in [0.1, 0.15) is 16.8 Å². The number of nitrogens with one attached hydrogen (secondary N) is 2. The Hall–Kier alpha value is -1.33. The van der Waals surface area contributed by atoms with Crippen LogP contribution >= 0.6 is 11.6 Å². The van der Waals surface area contributed by atoms with Crippen molar-refractivity contribution >= 4 is 23.2 Å². The predicted octanol–water partition coefficient (Wildman–Crippen LogP) is 1.30. The molecule has 1 fully saturated rings. The van der Waals surface area contributed by atoms with Crippen LogP contribution in [0.2, 0.25) is 5.15 Å². The molecular formula is C11H14ClN3O2. The number of carbonyl (C=O) groups is 1. The molecule has 2 heterocycles. The highest BCUT2D eigenvalue weighted by molar-refractivity contribution is 6.29. The summed E-state index contributed by atoms with van der Waals surface area (Å²) >= 11 is 5.84. The normalized spacial score (nSPS) is 19.1. The van der Waals surface area contributed by atoms with Crippen LogP contribution in [0.25, 0.3) is 0 Å². The lowest BCUT2D eigenvalue weighted by molar-refractivity contribution is 0.0963. The number of hydrogen-bond donors (Lipinski definition) is 2. The van der Waals surface area contributed by atoms with E-state index in [-0.39, 0.29) is 11.9 Å². The first kappa shape index (κ1) is 12.1. The molecule has 0 bridgehead atoms. The van der Waals surface area contributed by atoms with Gasteiger partial charge in [-0.25, -0.2) is 4.98 Å². The van der Waals surface area contributed by atoms with Crippen LogP contribution in [0.5, 0.6) is 0 Å². The minimum Gasteiger partial charge on any atom is -0.379 e. The van der Waals surface area contributed by atoms with E-state index in [2.05, 4.69) is 15.6 Å². The van der Waals surface area contributed by atoms with Crippen LogP contribution in [0.15, 0.2) is 12.3 Å². The molecule has 1 aromatic rings. The maximum atomic E-state index is 11.7. The topological polar surface area (TPSA) is 63.2 Å². The minimum atomic E-state index is -0.185. The summed E-state index contributed by atoms with van der Waals surface area (Å²) in [6.07, 6.45) is 2.40. The molecule has 17 heavy (non-hydrogen) atoms. The molecule has 1 atom stereocenters. The minimum absolute atomic E-state index is 0.185. The predicted molar refractivity (Wildman–Crippen MR) is 65.5 cm³/mol. The highest BCUT2D eigenvalue weighted by Gasteiger charge is 2.18. The average Bonchev–Trinajstić information content (AvgIpc) is 2.81. The lowest BCUT2D eigenvalue weighted by atomic mass is 10.2. The number of amides is 1. The summed E-state index contributed by atoms with van der Waals surface area (Å²) in [4.78, 5) is 15.6. The zero-order valence-corrected chi connectivity index (χ0v) is 10.3. The fourth-order valence-electron chi connectivity index (χ4n) is 1.73. The molecule has 1 aliphatic heterocycles. The first-order chi connectivity index (χ1) is 8.20. The van der Waals surface area contributed by atoms with E-state index < -0.39 is 0 Å². The van der Waals surface area contributed by atoms with E-state index in [4.69, 9.17) is 16.3 Å². The molecule has 0 unspecified atom stereocenters. The van der Waals surface area contributed by atoms with Crippen LogP contribution in [0.4, 0.5) is 5.69 Å². The van der Waals surface area contributed by atoms with Gasteiger partial charge in [0.1, 0.15) is 5.15 Å². The molecule has 5 nitrogen and oxygen atoms in total. The second-order valence-electron chi connectivity index (χ2n) is 3.84. The van der Waals surface area contributed by atoms with Crippen molar-refractivity contribution in [3.63, 3.8) is 0 Å². The smallest absolute Gasteiger partial charge is 0.254 e. The van der Waals surface area contributed by atoms with Gasteiger partial charge in [0.25, 0.3) is 5.91 Å². The Morgan fingerprint density at radius 3 is 3.12 bits per heavy atom. The van der Waals surface area contributed by atoms with E-state index in [9.17, 15) is 4.79 Å². The lowest BCUT2D eigenvalue weighted by Gasteiger charge is -2.15. The number of rotatable bonds is 3. The Bertz CT molecular complexity index is 419. The molecule has 1 aromatic heterocycles. The van der Waals surface area contributed by atoms with Crippen molar-refractivity contribution in [2.24, 2.45) is 0 Å². The highest BCUT2D eigenvalue weighted by atomic mass is 35.5. The van der Waals surface area contributed by atoms with Crippen molar-refractivity contribution in [1.29, 1.82) is 0 Å². The fraction of sp³-hybridized carbons (Fsp3) is 0.455. The molecule has 1 aliphatic rings. The molecule has 0 saturated carbocycles. The van der Waals surface area contributed by atoms with Gasteiger partial charge in [0.15, 0.2) is 0 Å². The van der Waals surface area contributed by atoms with Crippen molar-refractivity contribution < 1.29 is 9.53 Å². The van der Waals surface area contributed by atoms with E-state index in [0.29, 0.717) is 23.0 Å². The third-order valence-corrected chi connectivity index (χ3v) is 2.84. The van der Waals surface area contributed by atoms with Crippen LogP contribution in [0, 0.1) is 0 Å². The molecule has 2 N–H and O–H groups in total. The van der Waals surface area contributed by atoms with Crippen LogP contribution in [-0.4, -0.2) is 37.2 Å². The van der Waals surface area contributed by atoms with Gasteiger partial charge in [0.2, 0.25) is 0 Å². The largest absolute Gasteiger partial charge is 0.379 e. The number of anilines is 1. The fourth-order valence-corrected chi connectivity index (χ4v) is 1.89. The molecule has 92 valence electrons. The maximum absolute atomic E-state index is 11.7. The van der Waals surface area contributed by atoms with Crippen LogP contribution in [-0.2, 0) is 4.74 Å². The van der Waals surface area contributed by atoms with Gasteiger partial charge >= 0.3 is 0 Å². The van der Waals surface area contributed by atoms with E-state index in [0.717, 1.165) is 13.0 Å². The highest BCUT2D eigenvalue weighted by Crippen LogP contribution is 2.21. The number of halogens is 1. The summed E-state index contributed by atoms with van der Waals surface area (Å²) < 4.78 is 5.27. The monoisotopic (exact) mass is 255 g/mol. The average molecular weight is 256 g/mol. The van der Waals surface area contributed by atoms with Crippen molar-refractivity contribution in [3.05, 3.63) is 23.0 Å². The Kier molecular flexibility index (Phi) is 3.81. The van der Waals surface area contributed by atoms with Gasteiger partial charge in [0.05, 0.1) is 23.9 Å². The second-order valence-corrected chi connectivity index (χ2v) is 4.22. The van der Waals surface area contributed by atoms with Gasteiger partial charge in [-0.1, -0.05) is 11.6 Å². The molecule has 6 heteroatoms. The summed E-state index contributed by atoms with van der Waals surface area (Å²) in [5, 5.41) is 6.19. The number of ether oxygens (including phenoxy) is 1. The van der Waals surface area contributed by atoms with Gasteiger partial charge < -0.3 is 15.4 Å². The first-order valence-electron chi connectivity index (χ1n) is 5.42. The molecule has 1 amide bonds. The van der Waals surface area contributed by atoms with E-state index in [1.54, 1.807) is 13.1 Å². The molecule has 1 saturated heterocycles. The number of carbonyl (C=O) groups excluding carboxylic acids is 1. The van der Waals surface area contributed by atoms with Crippen LogP contribution < -0.4 is 10.6 Å². The van der Waals surface area contributed by atoms with Crippen molar-refractivity contribution in [1.82, 2.24) is 10.3 Å². The summed E-state index contributed by atoms with van der Waals surface area (Å²) in [7, 11) is 1.58. The van der Waals surface area contributed by atoms with E-state index in [1.807, 2.05) is 0 Å². The van der Waals surface area contributed by atoms with Gasteiger partial charge in [-0.05, 0) is 12.5 Å². The lowest BCUT2D eigenvalue weighted by Crippen LogP contribution is -2.24. The van der Waals surface area contributed by atoms with Crippen molar-refractivity contribution in [2.45, 2.75) is 12.5 Å². The maximum Gasteiger partial charge on any atom is 0.254 e. The number of pyridine rings is 1. The summed E-state index contributed by atoms with van der Waals surface area (Å²) in [5.41, 5.74) is 1.18. The second kappa shape index (κ2) is 5.33. The number of aromatic nitrogens is 1. The summed E-state index contributed by atoms with van der Waals surface area (Å²) in [6.45, 7) is 1.39. The third-order valence-electron chi connectivity index (χ3n) is 2.63. The Labute approximate surface area is 105 Å². The van der Waals surface area contributed by atoms with Crippen molar-refractivity contribution in [2.75, 3.05) is 25.6 Å². The Morgan fingerprint density at radius 1 is 1.65 bits per heavy atom. The third kappa shape index (κ3) is 2.87. The SMILES string of the molecule is CNC(=O)c1cnc(Cl)cc1N[C@@H]1CCOC1. The molecule has 0 spiro atoms. The summed E-state index contributed by atoms with van der Waals surface area (Å²) in [5.74, 6) is -0.185. The van der Waals surface area contributed by atoms with Crippen LogP contribution in [0.3, 0.4) is 0 Å². The first-order valence-corrected chi connectivity index (χ1v) is 5.80. The quantitative estimate of drug-likeness (QED) is 0.799. The van der Waals surface area contributed by atoms with Gasteiger partial charge in [-0.3, -0.25) is 4.79 Å². The van der Waals surface area contributed by atoms with Gasteiger partial charge in [-0.15, -0.1) is 0 Å². The standard InChI is InChI=1S/C11H14ClN3O2/c1-13-11(16)8-5-14-10(12)4-9(8)15-7-2-3-17-6-7/h4-5,7H,2-3,6H2,1H3,(H,13,16)(H,14,15)/t7-/m1/s1. The van der Waals surface area contributed by atoms with Crippen molar-refractivity contribution in [3.8, 4) is 0 Å². The Balaban J connectivity index is 2.22. The number of nitrogens with zero attached hydrogens (tertiary/aromatic N) is 1. The zero-order valence-electron chi connectivity index (χ0n) is 9.50. The molecule has 2 rings (SSSR count). The zero-order chi connectivity index (χ0) is 12.3. The summed E-state index contributed by atoms with van der Waals surface area (Å²) in [6, 6.07) is 1.88. The molecule has 0 aromatic carbocycles. The van der Waals surface area contributed by atoms with E-state index in [1.165, 1.54) is 6.20 Å². The van der Waals surface area contributed by atoms with Gasteiger partial charge in [-0.2, -0.15) is 0 Å². The van der Waals surface area contributed by atoms with E-state index >= 15 is 0 Å². The Morgan fingerprint density at radius 2 is 2.47 bits per heavy atom. The van der Waals surface area contributed by atoms with Gasteiger partial charge in [0, 0.05) is 19.9 Å². The molecule has 0 aliphatic carbocycles. The number of hydrogen-bond acceptors (Lipinski definition) is 4.